The third-order valence-corrected chi connectivity index (χ3v) is 4.10. The summed E-state index contributed by atoms with van der Waals surface area (Å²) in [5.74, 6) is -1.45. The fourth-order valence-corrected chi connectivity index (χ4v) is 2.58. The Hall–Kier alpha value is -1.29. The molecule has 0 N–H and O–H groups in total. The molecule has 2 radical (unpaired) electrons. The van der Waals surface area contributed by atoms with Crippen molar-refractivity contribution in [2.45, 2.75) is 44.8 Å². The zero-order valence-corrected chi connectivity index (χ0v) is 16.9. The predicted octanol–water partition coefficient (Wildman–Crippen LogP) is 0.918. The van der Waals surface area contributed by atoms with Gasteiger partial charge in [-0.3, -0.25) is 19.3 Å². The molecule has 28 heavy (non-hydrogen) atoms. The zero-order chi connectivity index (χ0) is 20.6. The topological polar surface area (TPSA) is 91.4 Å². The molecule has 1 atom stereocenters. The highest BCUT2D eigenvalue weighted by Gasteiger charge is 2.34. The lowest BCUT2D eigenvalue weighted by molar-refractivity contribution is -0.138. The summed E-state index contributed by atoms with van der Waals surface area (Å²) in [5, 5.41) is 0. The first-order valence-electron chi connectivity index (χ1n) is 9.98. The van der Waals surface area contributed by atoms with E-state index in [0.717, 1.165) is 17.9 Å². The SMILES string of the molecule is [B]C1CC(=O)N(CCC(=O)CCCOCCOCCOCCOCCC)C1=O. The van der Waals surface area contributed by atoms with Gasteiger partial charge in [-0.25, -0.2) is 0 Å². The predicted molar refractivity (Wildman–Crippen MR) is 103 cm³/mol. The molecule has 0 aromatic rings. The van der Waals surface area contributed by atoms with E-state index in [-0.39, 0.29) is 31.1 Å². The van der Waals surface area contributed by atoms with Crippen LogP contribution >= 0.6 is 0 Å². The van der Waals surface area contributed by atoms with Crippen molar-refractivity contribution in [3.63, 3.8) is 0 Å². The van der Waals surface area contributed by atoms with E-state index in [2.05, 4.69) is 6.92 Å². The first-order chi connectivity index (χ1) is 13.6. The molecule has 0 aromatic heterocycles. The summed E-state index contributed by atoms with van der Waals surface area (Å²) < 4.78 is 21.4. The number of carbonyl (C=O) groups is 3. The third kappa shape index (κ3) is 10.9. The van der Waals surface area contributed by atoms with E-state index in [0.29, 0.717) is 59.1 Å². The number of hydrogen-bond acceptors (Lipinski definition) is 7. The Morgan fingerprint density at radius 1 is 0.929 bits per heavy atom. The number of amides is 2. The maximum Gasteiger partial charge on any atom is 0.229 e. The van der Waals surface area contributed by atoms with Gasteiger partial charge in [0.2, 0.25) is 11.8 Å². The maximum atomic E-state index is 11.8. The van der Waals surface area contributed by atoms with Crippen LogP contribution in [-0.2, 0) is 33.3 Å². The lowest BCUT2D eigenvalue weighted by Gasteiger charge is -2.13. The lowest BCUT2D eigenvalue weighted by Crippen LogP contribution is -2.32. The molecule has 0 bridgehead atoms. The van der Waals surface area contributed by atoms with Gasteiger partial charge in [0.1, 0.15) is 5.78 Å². The summed E-state index contributed by atoms with van der Waals surface area (Å²) in [6, 6.07) is 0. The number of hydrogen-bond donors (Lipinski definition) is 0. The second-order valence-corrected chi connectivity index (χ2v) is 6.54. The quantitative estimate of drug-likeness (QED) is 0.193. The van der Waals surface area contributed by atoms with Gasteiger partial charge in [-0.15, -0.1) is 0 Å². The van der Waals surface area contributed by atoms with Crippen molar-refractivity contribution in [3.05, 3.63) is 0 Å². The Labute approximate surface area is 168 Å². The van der Waals surface area contributed by atoms with E-state index < -0.39 is 11.7 Å². The first-order valence-corrected chi connectivity index (χ1v) is 9.98. The number of carbonyl (C=O) groups excluding carboxylic acids is 3. The molecule has 2 amide bonds. The number of imide groups is 1. The molecular weight excluding hydrogens is 365 g/mol. The standard InChI is InChI=1S/C19H32BNO7/c1-2-7-25-9-11-27-13-14-28-12-10-26-8-3-4-16(22)5-6-21-18(23)15-17(20)19(21)24/h17H,2-15H2,1H3. The molecule has 8 nitrogen and oxygen atoms in total. The Bertz CT molecular complexity index is 475. The van der Waals surface area contributed by atoms with Gasteiger partial charge < -0.3 is 18.9 Å². The lowest BCUT2D eigenvalue weighted by atomic mass is 9.86. The first kappa shape index (κ1) is 24.8. The van der Waals surface area contributed by atoms with Gasteiger partial charge in [0.25, 0.3) is 0 Å². The second-order valence-electron chi connectivity index (χ2n) is 6.54. The number of ether oxygens (including phenoxy) is 4. The van der Waals surface area contributed by atoms with Crippen molar-refractivity contribution in [2.75, 3.05) is 59.4 Å². The molecule has 0 aliphatic carbocycles. The Morgan fingerprint density at radius 2 is 1.46 bits per heavy atom. The van der Waals surface area contributed by atoms with Crippen LogP contribution in [0.4, 0.5) is 0 Å². The minimum Gasteiger partial charge on any atom is -0.379 e. The van der Waals surface area contributed by atoms with E-state index in [4.69, 9.17) is 26.8 Å². The number of Topliss-reactive ketones (excluding diaryl/α,β-unsaturated/α-hetero) is 1. The molecule has 1 fully saturated rings. The smallest absolute Gasteiger partial charge is 0.229 e. The van der Waals surface area contributed by atoms with Crippen molar-refractivity contribution < 1.29 is 33.3 Å². The summed E-state index contributed by atoms with van der Waals surface area (Å²) in [5.41, 5.74) is 0. The van der Waals surface area contributed by atoms with Gasteiger partial charge in [-0.2, -0.15) is 0 Å². The highest BCUT2D eigenvalue weighted by molar-refractivity contribution is 6.29. The molecule has 0 spiro atoms. The van der Waals surface area contributed by atoms with Crippen LogP contribution in [0.5, 0.6) is 0 Å². The molecule has 1 saturated heterocycles. The van der Waals surface area contributed by atoms with Crippen LogP contribution in [0.15, 0.2) is 0 Å². The van der Waals surface area contributed by atoms with Crippen molar-refractivity contribution in [3.8, 4) is 0 Å². The summed E-state index contributed by atoms with van der Waals surface area (Å²) in [6.45, 7) is 6.55. The zero-order valence-electron chi connectivity index (χ0n) is 16.9. The van der Waals surface area contributed by atoms with Gasteiger partial charge in [0.05, 0.1) is 47.5 Å². The van der Waals surface area contributed by atoms with Crippen LogP contribution in [0.2, 0.25) is 5.82 Å². The van der Waals surface area contributed by atoms with E-state index in [1.165, 1.54) is 0 Å². The van der Waals surface area contributed by atoms with Crippen LogP contribution in [0.25, 0.3) is 0 Å². The number of rotatable bonds is 18. The highest BCUT2D eigenvalue weighted by Crippen LogP contribution is 2.21. The minimum atomic E-state index is -0.760. The van der Waals surface area contributed by atoms with Crippen molar-refractivity contribution in [2.24, 2.45) is 0 Å². The van der Waals surface area contributed by atoms with Crippen molar-refractivity contribution in [1.29, 1.82) is 0 Å². The minimum absolute atomic E-state index is 0.000913. The van der Waals surface area contributed by atoms with Crippen LogP contribution in [0, 0.1) is 0 Å². The monoisotopic (exact) mass is 397 g/mol. The van der Waals surface area contributed by atoms with Crippen LogP contribution in [0.1, 0.15) is 39.0 Å². The Kier molecular flexibility index (Phi) is 13.8. The largest absolute Gasteiger partial charge is 0.379 e. The molecular formula is C19H32BNO7. The summed E-state index contributed by atoms with van der Waals surface area (Å²) in [6.07, 6.45) is 2.16. The van der Waals surface area contributed by atoms with Crippen LogP contribution in [-0.4, -0.2) is 89.7 Å². The van der Waals surface area contributed by atoms with Crippen molar-refractivity contribution >= 4 is 25.4 Å². The molecule has 1 heterocycles. The molecule has 9 heteroatoms. The average molecular weight is 397 g/mol. The van der Waals surface area contributed by atoms with Gasteiger partial charge in [0.15, 0.2) is 0 Å². The van der Waals surface area contributed by atoms with E-state index >= 15 is 0 Å². The van der Waals surface area contributed by atoms with Crippen LogP contribution in [0.3, 0.4) is 0 Å². The maximum absolute atomic E-state index is 11.8. The Balaban J connectivity index is 1.85. The molecule has 1 aliphatic heterocycles. The van der Waals surface area contributed by atoms with Gasteiger partial charge >= 0.3 is 0 Å². The van der Waals surface area contributed by atoms with Crippen LogP contribution < -0.4 is 0 Å². The van der Waals surface area contributed by atoms with Gasteiger partial charge in [-0.1, -0.05) is 6.92 Å². The van der Waals surface area contributed by atoms with E-state index in [1.54, 1.807) is 0 Å². The fourth-order valence-electron chi connectivity index (χ4n) is 2.58. The number of likely N-dealkylation sites (tertiary alicyclic amines) is 1. The number of ketones is 1. The molecule has 1 aliphatic rings. The summed E-state index contributed by atoms with van der Waals surface area (Å²) in [7, 11) is 5.52. The van der Waals surface area contributed by atoms with E-state index in [1.807, 2.05) is 0 Å². The van der Waals surface area contributed by atoms with Crippen molar-refractivity contribution in [1.82, 2.24) is 4.90 Å². The normalized spacial score (nSPS) is 16.9. The molecule has 1 rings (SSSR count). The molecule has 0 saturated carbocycles. The highest BCUT2D eigenvalue weighted by atomic mass is 16.6. The molecule has 1 unspecified atom stereocenters. The molecule has 0 aromatic carbocycles. The third-order valence-electron chi connectivity index (χ3n) is 4.10. The second kappa shape index (κ2) is 15.6. The summed E-state index contributed by atoms with van der Waals surface area (Å²) in [4.78, 5) is 36.1. The number of nitrogens with zero attached hydrogens (tertiary/aromatic N) is 1. The van der Waals surface area contributed by atoms with E-state index in [9.17, 15) is 14.4 Å². The van der Waals surface area contributed by atoms with Gasteiger partial charge in [0, 0.05) is 44.8 Å². The fraction of sp³-hybridized carbons (Fsp3) is 0.842. The molecule has 158 valence electrons. The summed E-state index contributed by atoms with van der Waals surface area (Å²) >= 11 is 0. The van der Waals surface area contributed by atoms with Gasteiger partial charge in [-0.05, 0) is 12.8 Å². The Morgan fingerprint density at radius 3 is 1.96 bits per heavy atom. The average Bonchev–Trinajstić information content (AvgIpc) is 2.92.